The molecular formula is C14H13NO4S2. The van der Waals surface area contributed by atoms with Gasteiger partial charge in [0.15, 0.2) is 9.84 Å². The van der Waals surface area contributed by atoms with Crippen molar-refractivity contribution >= 4 is 33.3 Å². The van der Waals surface area contributed by atoms with Crippen LogP contribution in [0.4, 0.5) is 5.69 Å². The summed E-state index contributed by atoms with van der Waals surface area (Å²) in [7, 11) is -3.60. The lowest BCUT2D eigenvalue weighted by atomic mass is 10.2. The quantitative estimate of drug-likeness (QED) is 0.839. The van der Waals surface area contributed by atoms with E-state index in [1.54, 1.807) is 0 Å². The normalized spacial score (nSPS) is 11.3. The Labute approximate surface area is 126 Å². The first kappa shape index (κ1) is 15.4. The molecule has 0 aliphatic carbocycles. The highest BCUT2D eigenvalue weighted by Gasteiger charge is 2.20. The van der Waals surface area contributed by atoms with Gasteiger partial charge < -0.3 is 10.8 Å². The van der Waals surface area contributed by atoms with Crippen molar-refractivity contribution in [2.24, 2.45) is 0 Å². The first-order valence-electron chi connectivity index (χ1n) is 5.89. The molecule has 0 radical (unpaired) electrons. The van der Waals surface area contributed by atoms with E-state index in [0.717, 1.165) is 17.2 Å². The third kappa shape index (κ3) is 3.56. The minimum atomic E-state index is -3.60. The molecule has 0 aliphatic heterocycles. The van der Waals surface area contributed by atoms with Gasteiger partial charge in [-0.05, 0) is 24.3 Å². The van der Waals surface area contributed by atoms with Gasteiger partial charge >= 0.3 is 5.97 Å². The van der Waals surface area contributed by atoms with Crippen LogP contribution in [-0.4, -0.2) is 25.7 Å². The van der Waals surface area contributed by atoms with Crippen LogP contribution in [0.1, 0.15) is 10.4 Å². The molecule has 0 aliphatic rings. The molecule has 0 fully saturated rings. The summed E-state index contributed by atoms with van der Waals surface area (Å²) < 4.78 is 23.8. The Morgan fingerprint density at radius 3 is 2.33 bits per heavy atom. The van der Waals surface area contributed by atoms with Crippen LogP contribution in [-0.2, 0) is 9.84 Å². The molecule has 0 saturated carbocycles. The second-order valence-electron chi connectivity index (χ2n) is 4.39. The van der Waals surface area contributed by atoms with E-state index in [1.165, 1.54) is 17.8 Å². The van der Waals surface area contributed by atoms with Crippen LogP contribution >= 0.6 is 11.8 Å². The number of carbonyl (C=O) groups is 1. The molecule has 0 saturated heterocycles. The van der Waals surface area contributed by atoms with Gasteiger partial charge in [0.1, 0.15) is 0 Å². The number of nitrogen functional groups attached to an aromatic ring is 1. The minimum Gasteiger partial charge on any atom is -0.478 e. The standard InChI is InChI=1S/C14H13NO4S2/c1-21(18,19)12-8-9(14(16)17)7-11(15)13(12)20-10-5-3-2-4-6-10/h2-8H,15H2,1H3,(H,16,17). The largest absolute Gasteiger partial charge is 0.478 e. The van der Waals surface area contributed by atoms with Gasteiger partial charge in [0.05, 0.1) is 15.4 Å². The van der Waals surface area contributed by atoms with Crippen LogP contribution in [0.2, 0.25) is 0 Å². The lowest BCUT2D eigenvalue weighted by Gasteiger charge is -2.12. The van der Waals surface area contributed by atoms with Gasteiger partial charge in [-0.3, -0.25) is 0 Å². The molecule has 7 heteroatoms. The maximum absolute atomic E-state index is 11.9. The van der Waals surface area contributed by atoms with E-state index in [1.807, 2.05) is 30.3 Å². The van der Waals surface area contributed by atoms with Crippen molar-refractivity contribution in [2.45, 2.75) is 14.7 Å². The fourth-order valence-electron chi connectivity index (χ4n) is 1.74. The summed E-state index contributed by atoms with van der Waals surface area (Å²) in [4.78, 5) is 12.1. The molecule has 0 unspecified atom stereocenters. The second-order valence-corrected chi connectivity index (χ2v) is 7.45. The molecule has 3 N–H and O–H groups in total. The van der Waals surface area contributed by atoms with E-state index in [9.17, 15) is 13.2 Å². The summed E-state index contributed by atoms with van der Waals surface area (Å²) in [6.45, 7) is 0. The Bertz CT molecular complexity index is 786. The van der Waals surface area contributed by atoms with Gasteiger partial charge in [0.25, 0.3) is 0 Å². The van der Waals surface area contributed by atoms with Crippen molar-refractivity contribution in [2.75, 3.05) is 12.0 Å². The molecule has 2 rings (SSSR count). The Kier molecular flexibility index (Phi) is 4.24. The summed E-state index contributed by atoms with van der Waals surface area (Å²) >= 11 is 1.19. The summed E-state index contributed by atoms with van der Waals surface area (Å²) in [5.74, 6) is -1.22. The second kappa shape index (κ2) is 5.79. The molecule has 0 aromatic heterocycles. The molecule has 0 amide bonds. The molecule has 5 nitrogen and oxygen atoms in total. The smallest absolute Gasteiger partial charge is 0.335 e. The number of sulfone groups is 1. The highest BCUT2D eigenvalue weighted by Crippen LogP contribution is 2.37. The lowest BCUT2D eigenvalue weighted by Crippen LogP contribution is -2.06. The van der Waals surface area contributed by atoms with Gasteiger partial charge in [-0.25, -0.2) is 13.2 Å². The minimum absolute atomic E-state index is 0.0752. The Hall–Kier alpha value is -1.99. The summed E-state index contributed by atoms with van der Waals surface area (Å²) in [5, 5.41) is 9.02. The van der Waals surface area contributed by atoms with Crippen molar-refractivity contribution in [3.63, 3.8) is 0 Å². The molecule has 2 aromatic carbocycles. The first-order valence-corrected chi connectivity index (χ1v) is 8.59. The fourth-order valence-corrected chi connectivity index (χ4v) is 3.98. The molecule has 0 heterocycles. The van der Waals surface area contributed by atoms with E-state index < -0.39 is 15.8 Å². The maximum atomic E-state index is 11.9. The zero-order chi connectivity index (χ0) is 15.6. The topological polar surface area (TPSA) is 97.5 Å². The van der Waals surface area contributed by atoms with Gasteiger partial charge in [-0.2, -0.15) is 0 Å². The number of carboxylic acid groups (broad SMARTS) is 1. The molecule has 0 bridgehead atoms. The average Bonchev–Trinajstić information content (AvgIpc) is 2.40. The van der Waals surface area contributed by atoms with Crippen molar-refractivity contribution in [1.82, 2.24) is 0 Å². The van der Waals surface area contributed by atoms with Crippen LogP contribution < -0.4 is 5.73 Å². The van der Waals surface area contributed by atoms with Crippen LogP contribution in [0.25, 0.3) is 0 Å². The number of nitrogens with two attached hydrogens (primary N) is 1. The zero-order valence-corrected chi connectivity index (χ0v) is 12.7. The van der Waals surface area contributed by atoms with Gasteiger partial charge in [0, 0.05) is 16.8 Å². The highest BCUT2D eigenvalue weighted by molar-refractivity contribution is 8.00. The van der Waals surface area contributed by atoms with E-state index >= 15 is 0 Å². The number of carboxylic acids is 1. The molecule has 0 spiro atoms. The predicted octanol–water partition coefficient (Wildman–Crippen LogP) is 2.52. The number of benzene rings is 2. The molecule has 110 valence electrons. The van der Waals surface area contributed by atoms with Gasteiger partial charge in [0.2, 0.25) is 0 Å². The Morgan fingerprint density at radius 2 is 1.81 bits per heavy atom. The predicted molar refractivity (Wildman–Crippen MR) is 81.5 cm³/mol. The third-order valence-corrected chi connectivity index (χ3v) is 5.11. The zero-order valence-electron chi connectivity index (χ0n) is 11.1. The summed E-state index contributed by atoms with van der Waals surface area (Å²) in [6, 6.07) is 11.5. The van der Waals surface area contributed by atoms with Crippen molar-refractivity contribution in [3.8, 4) is 0 Å². The number of rotatable bonds is 4. The average molecular weight is 323 g/mol. The third-order valence-electron chi connectivity index (χ3n) is 2.69. The first-order chi connectivity index (χ1) is 9.79. The van der Waals surface area contributed by atoms with E-state index in [0.29, 0.717) is 4.90 Å². The van der Waals surface area contributed by atoms with E-state index in [2.05, 4.69) is 0 Å². The van der Waals surface area contributed by atoms with Crippen LogP contribution in [0.15, 0.2) is 57.2 Å². The lowest BCUT2D eigenvalue weighted by molar-refractivity contribution is 0.0696. The molecular weight excluding hydrogens is 310 g/mol. The molecule has 0 atom stereocenters. The van der Waals surface area contributed by atoms with Crippen molar-refractivity contribution in [3.05, 3.63) is 48.0 Å². The van der Waals surface area contributed by atoms with Crippen LogP contribution in [0.3, 0.4) is 0 Å². The van der Waals surface area contributed by atoms with Crippen molar-refractivity contribution < 1.29 is 18.3 Å². The number of hydrogen-bond donors (Lipinski definition) is 2. The summed E-state index contributed by atoms with van der Waals surface area (Å²) in [6.07, 6.45) is 1.03. The molecule has 2 aromatic rings. The molecule has 21 heavy (non-hydrogen) atoms. The van der Waals surface area contributed by atoms with Crippen LogP contribution in [0.5, 0.6) is 0 Å². The number of anilines is 1. The SMILES string of the molecule is CS(=O)(=O)c1cc(C(=O)O)cc(N)c1Sc1ccccc1. The van der Waals surface area contributed by atoms with Gasteiger partial charge in [-0.15, -0.1) is 0 Å². The highest BCUT2D eigenvalue weighted by atomic mass is 32.2. The van der Waals surface area contributed by atoms with Gasteiger partial charge in [-0.1, -0.05) is 30.0 Å². The Morgan fingerprint density at radius 1 is 1.19 bits per heavy atom. The van der Waals surface area contributed by atoms with Crippen LogP contribution in [0, 0.1) is 0 Å². The van der Waals surface area contributed by atoms with E-state index in [-0.39, 0.29) is 16.1 Å². The number of aromatic carboxylic acids is 1. The van der Waals surface area contributed by atoms with Crippen molar-refractivity contribution in [1.29, 1.82) is 0 Å². The Balaban J connectivity index is 2.62. The van der Waals surface area contributed by atoms with E-state index in [4.69, 9.17) is 10.8 Å². The number of hydrogen-bond acceptors (Lipinski definition) is 5. The monoisotopic (exact) mass is 323 g/mol. The summed E-state index contributed by atoms with van der Waals surface area (Å²) in [5.41, 5.74) is 5.84. The maximum Gasteiger partial charge on any atom is 0.335 e. The fraction of sp³-hybridized carbons (Fsp3) is 0.0714.